The molecule has 1 heterocycles. The van der Waals surface area contributed by atoms with Gasteiger partial charge in [-0.3, -0.25) is 0 Å². The molecule has 0 aliphatic heterocycles. The summed E-state index contributed by atoms with van der Waals surface area (Å²) < 4.78 is 108. The number of para-hydroxylation sites is 2. The van der Waals surface area contributed by atoms with Gasteiger partial charge in [-0.1, -0.05) is 158 Å². The van der Waals surface area contributed by atoms with E-state index in [2.05, 4.69) is 0 Å². The number of nitrogens with zero attached hydrogens (tertiary/aromatic N) is 1. The maximum Gasteiger partial charge on any atom is 0.143 e. The molecular weight excluding hydrogens is 607 g/mol. The lowest BCUT2D eigenvalue weighted by Gasteiger charge is -2.29. The van der Waals surface area contributed by atoms with Crippen molar-refractivity contribution < 1.29 is 19.5 Å². The summed E-state index contributed by atoms with van der Waals surface area (Å²) in [5, 5.41) is 4.51. The Morgan fingerprint density at radius 1 is 0.380 bits per heavy atom. The minimum atomic E-state index is -0.649. The first-order valence-electron chi connectivity index (χ1n) is 21.7. The van der Waals surface area contributed by atoms with Gasteiger partial charge in [0.25, 0.3) is 0 Å². The van der Waals surface area contributed by atoms with Crippen LogP contribution >= 0.6 is 0 Å². The van der Waals surface area contributed by atoms with E-state index in [4.69, 9.17) is 11.3 Å². The third kappa shape index (κ3) is 4.50. The van der Waals surface area contributed by atoms with Gasteiger partial charge in [0, 0.05) is 38.4 Å². The van der Waals surface area contributed by atoms with Crippen LogP contribution in [0.5, 0.6) is 0 Å². The van der Waals surface area contributed by atoms with E-state index in [0.717, 1.165) is 26.9 Å². The van der Waals surface area contributed by atoms with Gasteiger partial charge < -0.3 is 9.32 Å². The van der Waals surface area contributed by atoms with E-state index in [1.165, 1.54) is 4.90 Å². The number of rotatable bonds is 5. The molecule has 10 aromatic rings. The van der Waals surface area contributed by atoms with E-state index in [0.29, 0.717) is 33.2 Å². The number of benzene rings is 9. The van der Waals surface area contributed by atoms with Crippen molar-refractivity contribution in [2.75, 3.05) is 4.90 Å². The summed E-state index contributed by atoms with van der Waals surface area (Å²) in [4.78, 5) is 1.29. The maximum absolute atomic E-state index is 9.72. The fourth-order valence-corrected chi connectivity index (χ4v) is 6.95. The molecule has 0 unspecified atom stereocenters. The molecular formula is C48H31NO. The Bertz CT molecular complexity index is 3480. The van der Waals surface area contributed by atoms with Gasteiger partial charge >= 0.3 is 0 Å². The molecule has 0 radical (unpaired) electrons. The van der Waals surface area contributed by atoms with Gasteiger partial charge in [-0.15, -0.1) is 0 Å². The van der Waals surface area contributed by atoms with Crippen molar-refractivity contribution in [3.8, 4) is 22.3 Å². The Hall–Kier alpha value is -6.64. The Balaban J connectivity index is 1.35. The van der Waals surface area contributed by atoms with Crippen LogP contribution in [-0.4, -0.2) is 0 Å². The monoisotopic (exact) mass is 648 g/mol. The van der Waals surface area contributed by atoms with Crippen molar-refractivity contribution >= 4 is 71.3 Å². The standard InChI is InChI=1S/C48H31NO/c1-4-17-37-32(12-1)15-9-21-38(37)35-26-29-36(30-27-35)49(45-25-10-16-33-13-2-5-18-39(33)45)46-24-8-7-20-41(46)42-22-11-23-43-44-31-28-34-14-3-6-19-40(34)47(44)50-48(42)43/h1-31H/i2D,5D,10D,13D,16D,18D,25D,26D,27D,29D,30D. The van der Waals surface area contributed by atoms with E-state index in [1.807, 2.05) is 84.9 Å². The largest absolute Gasteiger partial charge is 0.455 e. The molecule has 2 nitrogen and oxygen atoms in total. The zero-order valence-corrected chi connectivity index (χ0v) is 26.4. The highest BCUT2D eigenvalue weighted by Gasteiger charge is 2.22. The highest BCUT2D eigenvalue weighted by Crippen LogP contribution is 2.46. The zero-order valence-electron chi connectivity index (χ0n) is 37.4. The van der Waals surface area contributed by atoms with E-state index >= 15 is 0 Å². The van der Waals surface area contributed by atoms with Crippen LogP contribution in [0.2, 0.25) is 0 Å². The zero-order chi connectivity index (χ0) is 42.6. The second-order valence-electron chi connectivity index (χ2n) is 12.0. The number of anilines is 3. The maximum atomic E-state index is 9.72. The van der Waals surface area contributed by atoms with Crippen LogP contribution in [0.4, 0.5) is 17.1 Å². The lowest BCUT2D eigenvalue weighted by atomic mass is 9.97. The minimum absolute atomic E-state index is 0.0450. The summed E-state index contributed by atoms with van der Waals surface area (Å²) in [6.45, 7) is 0. The second kappa shape index (κ2) is 11.5. The summed E-state index contributed by atoms with van der Waals surface area (Å²) in [6.07, 6.45) is 0. The number of hydrogen-bond donors (Lipinski definition) is 0. The van der Waals surface area contributed by atoms with Crippen LogP contribution in [0.25, 0.3) is 76.5 Å². The third-order valence-electron chi connectivity index (χ3n) is 9.23. The molecule has 0 aliphatic carbocycles. The summed E-state index contributed by atoms with van der Waals surface area (Å²) in [5.74, 6) is 0. The van der Waals surface area contributed by atoms with Crippen molar-refractivity contribution in [1.82, 2.24) is 0 Å². The fraction of sp³-hybridized carbons (Fsp3) is 0. The molecule has 0 spiro atoms. The van der Waals surface area contributed by atoms with E-state index in [9.17, 15) is 8.22 Å². The third-order valence-corrected chi connectivity index (χ3v) is 9.23. The van der Waals surface area contributed by atoms with Crippen molar-refractivity contribution in [3.05, 3.63) is 188 Å². The Morgan fingerprint density at radius 2 is 1.02 bits per heavy atom. The van der Waals surface area contributed by atoms with Crippen molar-refractivity contribution in [2.24, 2.45) is 0 Å². The van der Waals surface area contributed by atoms with Gasteiger partial charge in [0.15, 0.2) is 0 Å². The van der Waals surface area contributed by atoms with Gasteiger partial charge in [0.2, 0.25) is 0 Å². The normalized spacial score (nSPS) is 14.7. The molecule has 1 aromatic heterocycles. The molecule has 0 aliphatic rings. The van der Waals surface area contributed by atoms with E-state index < -0.39 is 54.4 Å². The van der Waals surface area contributed by atoms with Crippen LogP contribution in [0, 0.1) is 0 Å². The smallest absolute Gasteiger partial charge is 0.143 e. The second-order valence-corrected chi connectivity index (χ2v) is 12.0. The van der Waals surface area contributed by atoms with Crippen LogP contribution in [0.15, 0.2) is 192 Å². The predicted octanol–water partition coefficient (Wildman–Crippen LogP) is 13.8. The number of fused-ring (bicyclic) bond motifs is 7. The topological polar surface area (TPSA) is 16.4 Å². The van der Waals surface area contributed by atoms with Gasteiger partial charge in [-0.25, -0.2) is 0 Å². The van der Waals surface area contributed by atoms with E-state index in [1.54, 1.807) is 36.4 Å². The molecule has 0 N–H and O–H groups in total. The van der Waals surface area contributed by atoms with Crippen LogP contribution < -0.4 is 4.90 Å². The van der Waals surface area contributed by atoms with Crippen LogP contribution in [-0.2, 0) is 0 Å². The van der Waals surface area contributed by atoms with Crippen molar-refractivity contribution in [1.29, 1.82) is 0 Å². The average molecular weight is 649 g/mol. The molecule has 234 valence electrons. The van der Waals surface area contributed by atoms with Crippen LogP contribution in [0.3, 0.4) is 0 Å². The molecule has 9 aromatic carbocycles. The van der Waals surface area contributed by atoms with Crippen molar-refractivity contribution in [2.45, 2.75) is 0 Å². The lowest BCUT2D eigenvalue weighted by Crippen LogP contribution is -2.11. The molecule has 0 saturated heterocycles. The summed E-state index contributed by atoms with van der Waals surface area (Å²) in [5.41, 5.74) is 2.30. The summed E-state index contributed by atoms with van der Waals surface area (Å²) in [6, 6.07) is 31.2. The van der Waals surface area contributed by atoms with E-state index in [-0.39, 0.29) is 45.5 Å². The molecule has 0 saturated carbocycles. The Kier molecular flexibility index (Phi) is 4.46. The fourth-order valence-electron chi connectivity index (χ4n) is 6.95. The quantitative estimate of drug-likeness (QED) is 0.185. The number of hydrogen-bond acceptors (Lipinski definition) is 2. The average Bonchev–Trinajstić information content (AvgIpc) is 3.68. The first-order chi connectivity index (χ1) is 29.4. The Labute approximate surface area is 305 Å². The molecule has 10 rings (SSSR count). The predicted molar refractivity (Wildman–Crippen MR) is 212 cm³/mol. The van der Waals surface area contributed by atoms with Gasteiger partial charge in [-0.05, 0) is 62.9 Å². The molecule has 2 heteroatoms. The highest BCUT2D eigenvalue weighted by molar-refractivity contribution is 6.18. The molecule has 0 bridgehead atoms. The molecule has 0 atom stereocenters. The number of furan rings is 1. The summed E-state index contributed by atoms with van der Waals surface area (Å²) >= 11 is 0. The van der Waals surface area contributed by atoms with Crippen molar-refractivity contribution in [3.63, 3.8) is 0 Å². The Morgan fingerprint density at radius 3 is 1.92 bits per heavy atom. The van der Waals surface area contributed by atoms with Gasteiger partial charge in [0.05, 0.1) is 26.5 Å². The van der Waals surface area contributed by atoms with Gasteiger partial charge in [0.1, 0.15) is 11.2 Å². The molecule has 50 heavy (non-hydrogen) atoms. The lowest BCUT2D eigenvalue weighted by molar-refractivity contribution is 0.674. The van der Waals surface area contributed by atoms with Crippen LogP contribution in [0.1, 0.15) is 15.1 Å². The highest BCUT2D eigenvalue weighted by atomic mass is 16.3. The first kappa shape index (κ1) is 19.4. The van der Waals surface area contributed by atoms with Gasteiger partial charge in [-0.2, -0.15) is 0 Å². The minimum Gasteiger partial charge on any atom is -0.455 e. The molecule has 0 fully saturated rings. The first-order valence-corrected chi connectivity index (χ1v) is 16.2. The SMILES string of the molecule is [2H]c1c([2H])c(N(c2ccccc2-c2cccc3c2oc2c4ccccc4ccc32)c2c([2H])c([2H])c([2H])c3c([2H])c([2H])c([2H])c([2H])c23)c([2H])c([2H])c1-c1cccc2ccccc12. The molecule has 0 amide bonds. The summed E-state index contributed by atoms with van der Waals surface area (Å²) in [7, 11) is 0.